The van der Waals surface area contributed by atoms with E-state index in [2.05, 4.69) is 20.6 Å². The van der Waals surface area contributed by atoms with E-state index in [9.17, 15) is 4.79 Å². The molecule has 0 aliphatic rings. The van der Waals surface area contributed by atoms with E-state index >= 15 is 0 Å². The topological polar surface area (TPSA) is 87.1 Å². The molecule has 6 nitrogen and oxygen atoms in total. The Labute approximate surface area is 143 Å². The number of carboxylic acid groups (broad SMARTS) is 1. The van der Waals surface area contributed by atoms with Gasteiger partial charge in [0.1, 0.15) is 5.82 Å². The number of anilines is 4. The summed E-state index contributed by atoms with van der Waals surface area (Å²) in [4.78, 5) is 19.5. The van der Waals surface area contributed by atoms with Crippen LogP contribution in [0, 0.1) is 0 Å². The first-order valence-electron chi connectivity index (χ1n) is 7.07. The molecule has 0 atom stereocenters. The summed E-state index contributed by atoms with van der Waals surface area (Å²) < 4.78 is 0. The minimum Gasteiger partial charge on any atom is -0.478 e. The van der Waals surface area contributed by atoms with Crippen LogP contribution in [0.4, 0.5) is 23.1 Å². The highest BCUT2D eigenvalue weighted by molar-refractivity contribution is 6.33. The summed E-state index contributed by atoms with van der Waals surface area (Å²) in [5, 5.41) is 15.7. The molecule has 0 bridgehead atoms. The SMILES string of the molecule is O=C(O)c1cccc(Nc2nccc(Nc3ccccc3Cl)n2)c1. The number of halogens is 1. The Morgan fingerprint density at radius 2 is 1.88 bits per heavy atom. The zero-order chi connectivity index (χ0) is 16.9. The van der Waals surface area contributed by atoms with Gasteiger partial charge in [0.15, 0.2) is 0 Å². The van der Waals surface area contributed by atoms with Crippen LogP contribution < -0.4 is 10.6 Å². The van der Waals surface area contributed by atoms with Gasteiger partial charge in [-0.2, -0.15) is 4.98 Å². The van der Waals surface area contributed by atoms with Crippen molar-refractivity contribution in [3.8, 4) is 0 Å². The number of nitrogens with one attached hydrogen (secondary N) is 2. The lowest BCUT2D eigenvalue weighted by molar-refractivity contribution is 0.0697. The molecule has 0 unspecified atom stereocenters. The van der Waals surface area contributed by atoms with Crippen LogP contribution in [0.5, 0.6) is 0 Å². The number of rotatable bonds is 5. The monoisotopic (exact) mass is 340 g/mol. The molecule has 0 amide bonds. The average molecular weight is 341 g/mol. The molecule has 1 heterocycles. The number of hydrogen-bond acceptors (Lipinski definition) is 5. The molecule has 0 aliphatic carbocycles. The van der Waals surface area contributed by atoms with Gasteiger partial charge in [0.25, 0.3) is 0 Å². The van der Waals surface area contributed by atoms with E-state index in [0.29, 0.717) is 22.5 Å². The third-order valence-corrected chi connectivity index (χ3v) is 3.49. The minimum atomic E-state index is -0.992. The summed E-state index contributed by atoms with van der Waals surface area (Å²) in [5.41, 5.74) is 1.51. The Hall–Kier alpha value is -3.12. The maximum Gasteiger partial charge on any atom is 0.335 e. The minimum absolute atomic E-state index is 0.186. The number of carboxylic acids is 1. The first kappa shape index (κ1) is 15.8. The second kappa shape index (κ2) is 6.97. The molecule has 0 fully saturated rings. The third-order valence-electron chi connectivity index (χ3n) is 3.16. The molecule has 0 saturated heterocycles. The van der Waals surface area contributed by atoms with Crippen LogP contribution >= 0.6 is 11.6 Å². The molecule has 0 spiro atoms. The smallest absolute Gasteiger partial charge is 0.335 e. The van der Waals surface area contributed by atoms with Crippen molar-refractivity contribution < 1.29 is 9.90 Å². The number of para-hydroxylation sites is 1. The quantitative estimate of drug-likeness (QED) is 0.641. The van der Waals surface area contributed by atoms with Crippen LogP contribution in [0.25, 0.3) is 0 Å². The molecule has 120 valence electrons. The van der Waals surface area contributed by atoms with Gasteiger partial charge in [0.2, 0.25) is 5.95 Å². The lowest BCUT2D eigenvalue weighted by Gasteiger charge is -2.09. The highest BCUT2D eigenvalue weighted by atomic mass is 35.5. The molecule has 7 heteroatoms. The van der Waals surface area contributed by atoms with Gasteiger partial charge in [-0.25, -0.2) is 9.78 Å². The number of aromatic carboxylic acids is 1. The lowest BCUT2D eigenvalue weighted by atomic mass is 10.2. The molecule has 3 N–H and O–H groups in total. The second-order valence-electron chi connectivity index (χ2n) is 4.88. The molecular formula is C17H13ClN4O2. The molecule has 0 aliphatic heterocycles. The maximum atomic E-state index is 11.0. The van der Waals surface area contributed by atoms with E-state index in [1.165, 1.54) is 12.1 Å². The van der Waals surface area contributed by atoms with Crippen molar-refractivity contribution in [2.24, 2.45) is 0 Å². The first-order chi connectivity index (χ1) is 11.6. The van der Waals surface area contributed by atoms with Gasteiger partial charge in [-0.3, -0.25) is 0 Å². The Kier molecular flexibility index (Phi) is 4.58. The van der Waals surface area contributed by atoms with Crippen molar-refractivity contribution in [1.82, 2.24) is 9.97 Å². The highest BCUT2D eigenvalue weighted by Crippen LogP contribution is 2.24. The molecule has 0 radical (unpaired) electrons. The summed E-state index contributed by atoms with van der Waals surface area (Å²) in [6, 6.07) is 15.5. The van der Waals surface area contributed by atoms with E-state index in [-0.39, 0.29) is 5.56 Å². The fourth-order valence-corrected chi connectivity index (χ4v) is 2.23. The Bertz CT molecular complexity index is 886. The van der Waals surface area contributed by atoms with Gasteiger partial charge in [-0.15, -0.1) is 0 Å². The van der Waals surface area contributed by atoms with Gasteiger partial charge in [-0.1, -0.05) is 29.8 Å². The summed E-state index contributed by atoms with van der Waals surface area (Å²) in [6.45, 7) is 0. The second-order valence-corrected chi connectivity index (χ2v) is 5.29. The number of hydrogen-bond donors (Lipinski definition) is 3. The molecule has 1 aromatic heterocycles. The Balaban J connectivity index is 1.79. The van der Waals surface area contributed by atoms with E-state index in [0.717, 1.165) is 5.69 Å². The molecule has 24 heavy (non-hydrogen) atoms. The molecular weight excluding hydrogens is 328 g/mol. The predicted molar refractivity (Wildman–Crippen MR) is 93.5 cm³/mol. The summed E-state index contributed by atoms with van der Waals surface area (Å²) in [6.07, 6.45) is 1.59. The number of benzene rings is 2. The average Bonchev–Trinajstić information content (AvgIpc) is 2.57. The largest absolute Gasteiger partial charge is 0.478 e. The van der Waals surface area contributed by atoms with Crippen molar-refractivity contribution in [1.29, 1.82) is 0 Å². The van der Waals surface area contributed by atoms with Crippen LogP contribution in [0.15, 0.2) is 60.8 Å². The van der Waals surface area contributed by atoms with Crippen LogP contribution in [-0.2, 0) is 0 Å². The Morgan fingerprint density at radius 3 is 2.67 bits per heavy atom. The van der Waals surface area contributed by atoms with Crippen LogP contribution in [0.2, 0.25) is 5.02 Å². The summed E-state index contributed by atoms with van der Waals surface area (Å²) in [5.74, 6) is -0.0849. The zero-order valence-electron chi connectivity index (χ0n) is 12.4. The maximum absolute atomic E-state index is 11.0. The highest BCUT2D eigenvalue weighted by Gasteiger charge is 2.06. The van der Waals surface area contributed by atoms with Crippen molar-refractivity contribution in [3.63, 3.8) is 0 Å². The molecule has 0 saturated carbocycles. The van der Waals surface area contributed by atoms with Gasteiger partial charge in [0.05, 0.1) is 16.3 Å². The van der Waals surface area contributed by atoms with Crippen molar-refractivity contribution in [2.75, 3.05) is 10.6 Å². The molecule has 3 rings (SSSR count). The van der Waals surface area contributed by atoms with Crippen LogP contribution in [-0.4, -0.2) is 21.0 Å². The standard InChI is InChI=1S/C17H13ClN4O2/c18-13-6-1-2-7-14(13)21-15-8-9-19-17(22-15)20-12-5-3-4-11(10-12)16(23)24/h1-10H,(H,23,24)(H2,19,20,21,22). The normalized spacial score (nSPS) is 10.2. The summed E-state index contributed by atoms with van der Waals surface area (Å²) >= 11 is 6.11. The summed E-state index contributed by atoms with van der Waals surface area (Å²) in [7, 11) is 0. The van der Waals surface area contributed by atoms with Crippen molar-refractivity contribution in [3.05, 3.63) is 71.4 Å². The zero-order valence-corrected chi connectivity index (χ0v) is 13.2. The van der Waals surface area contributed by atoms with Crippen LogP contribution in [0.1, 0.15) is 10.4 Å². The van der Waals surface area contributed by atoms with E-state index in [1.807, 2.05) is 18.2 Å². The van der Waals surface area contributed by atoms with Gasteiger partial charge < -0.3 is 15.7 Å². The lowest BCUT2D eigenvalue weighted by Crippen LogP contribution is -2.02. The number of nitrogens with zero attached hydrogens (tertiary/aromatic N) is 2. The number of carbonyl (C=O) groups is 1. The Morgan fingerprint density at radius 1 is 1.04 bits per heavy atom. The first-order valence-corrected chi connectivity index (χ1v) is 7.44. The number of aromatic nitrogens is 2. The molecule has 2 aromatic carbocycles. The predicted octanol–water partition coefficient (Wildman–Crippen LogP) is 4.32. The van der Waals surface area contributed by atoms with Gasteiger partial charge >= 0.3 is 5.97 Å². The fourth-order valence-electron chi connectivity index (χ4n) is 2.05. The third kappa shape index (κ3) is 3.80. The van der Waals surface area contributed by atoms with Crippen molar-refractivity contribution in [2.45, 2.75) is 0 Å². The van der Waals surface area contributed by atoms with E-state index < -0.39 is 5.97 Å². The molecule has 3 aromatic rings. The van der Waals surface area contributed by atoms with E-state index in [1.54, 1.807) is 30.5 Å². The van der Waals surface area contributed by atoms with Gasteiger partial charge in [-0.05, 0) is 36.4 Å². The van der Waals surface area contributed by atoms with Crippen molar-refractivity contribution >= 4 is 40.7 Å². The van der Waals surface area contributed by atoms with Gasteiger partial charge in [0, 0.05) is 11.9 Å². The van der Waals surface area contributed by atoms with E-state index in [4.69, 9.17) is 16.7 Å². The fraction of sp³-hybridized carbons (Fsp3) is 0. The van der Waals surface area contributed by atoms with Crippen LogP contribution in [0.3, 0.4) is 0 Å².